The second kappa shape index (κ2) is 7.35. The largest absolute Gasteiger partial charge is 0.394 e. The SMILES string of the molecule is COCN1CC2CC3=NC(C)CCC3CC2C1.O=S(=O)(O)O. The lowest BCUT2D eigenvalue weighted by Crippen LogP contribution is -2.34. The van der Waals surface area contributed by atoms with E-state index in [2.05, 4.69) is 11.8 Å². The van der Waals surface area contributed by atoms with Crippen molar-refractivity contribution in [2.24, 2.45) is 22.7 Å². The highest BCUT2D eigenvalue weighted by atomic mass is 32.3. The van der Waals surface area contributed by atoms with Gasteiger partial charge in [0.2, 0.25) is 0 Å². The van der Waals surface area contributed by atoms with Crippen LogP contribution >= 0.6 is 0 Å². The standard InChI is InChI=1S/C14H24N2O.H2O4S/c1-10-3-4-11-5-12-7-16(9-17-2)8-13(12)6-14(11)15-10;1-5(2,3)4/h10-13H,3-9H2,1-2H3;(H2,1,2,3,4). The molecular weight excluding hydrogens is 308 g/mol. The Balaban J connectivity index is 0.000000309. The molecule has 1 saturated carbocycles. The molecule has 0 amide bonds. The summed E-state index contributed by atoms with van der Waals surface area (Å²) < 4.78 is 36.8. The number of hydrogen-bond donors (Lipinski definition) is 2. The summed E-state index contributed by atoms with van der Waals surface area (Å²) in [5.41, 5.74) is 1.55. The van der Waals surface area contributed by atoms with Crippen LogP contribution in [0.5, 0.6) is 0 Å². The zero-order chi connectivity index (χ0) is 16.3. The highest BCUT2D eigenvalue weighted by Crippen LogP contribution is 2.41. The van der Waals surface area contributed by atoms with Crippen LogP contribution in [0.2, 0.25) is 0 Å². The molecule has 8 heteroatoms. The van der Waals surface area contributed by atoms with Crippen LogP contribution in [-0.4, -0.2) is 61.1 Å². The molecule has 2 heterocycles. The lowest BCUT2D eigenvalue weighted by molar-refractivity contribution is 0.0763. The van der Waals surface area contributed by atoms with Gasteiger partial charge in [-0.3, -0.25) is 19.0 Å². The summed E-state index contributed by atoms with van der Waals surface area (Å²) in [6.45, 7) is 5.54. The van der Waals surface area contributed by atoms with Gasteiger partial charge < -0.3 is 4.74 Å². The first-order valence-electron chi connectivity index (χ1n) is 7.74. The Morgan fingerprint density at radius 3 is 2.55 bits per heavy atom. The Kier molecular flexibility index (Phi) is 5.95. The van der Waals surface area contributed by atoms with E-state index in [1.54, 1.807) is 12.8 Å². The van der Waals surface area contributed by atoms with Crippen LogP contribution in [0.1, 0.15) is 32.6 Å². The molecule has 2 N–H and O–H groups in total. The highest BCUT2D eigenvalue weighted by Gasteiger charge is 2.41. The summed E-state index contributed by atoms with van der Waals surface area (Å²) in [6, 6.07) is 0.578. The van der Waals surface area contributed by atoms with E-state index in [1.165, 1.54) is 38.8 Å². The number of likely N-dealkylation sites (tertiary alicyclic amines) is 1. The van der Waals surface area contributed by atoms with Crippen molar-refractivity contribution < 1.29 is 22.3 Å². The zero-order valence-electron chi connectivity index (χ0n) is 13.2. The van der Waals surface area contributed by atoms with E-state index in [0.29, 0.717) is 6.04 Å². The first-order valence-corrected chi connectivity index (χ1v) is 9.13. The van der Waals surface area contributed by atoms with Crippen LogP contribution in [0.25, 0.3) is 0 Å². The fourth-order valence-electron chi connectivity index (χ4n) is 3.99. The van der Waals surface area contributed by atoms with Crippen molar-refractivity contribution in [2.45, 2.75) is 38.6 Å². The van der Waals surface area contributed by atoms with E-state index in [9.17, 15) is 0 Å². The molecule has 4 unspecified atom stereocenters. The van der Waals surface area contributed by atoms with E-state index in [-0.39, 0.29) is 0 Å². The molecule has 2 fully saturated rings. The van der Waals surface area contributed by atoms with Crippen molar-refractivity contribution in [1.82, 2.24) is 4.90 Å². The van der Waals surface area contributed by atoms with Gasteiger partial charge in [-0.1, -0.05) is 0 Å². The van der Waals surface area contributed by atoms with Crippen LogP contribution < -0.4 is 0 Å². The average molecular weight is 334 g/mol. The molecule has 3 aliphatic rings. The Bertz CT molecular complexity index is 499. The Morgan fingerprint density at radius 2 is 1.91 bits per heavy atom. The van der Waals surface area contributed by atoms with Crippen LogP contribution in [0.15, 0.2) is 4.99 Å². The lowest BCUT2D eigenvalue weighted by Gasteiger charge is -2.36. The zero-order valence-corrected chi connectivity index (χ0v) is 14.0. The third kappa shape index (κ3) is 5.27. The Morgan fingerprint density at radius 1 is 1.27 bits per heavy atom. The van der Waals surface area contributed by atoms with Crippen LogP contribution in [0.4, 0.5) is 0 Å². The number of hydrogen-bond acceptors (Lipinski definition) is 5. The minimum absolute atomic E-state index is 0.578. The Labute approximate surface area is 132 Å². The molecule has 22 heavy (non-hydrogen) atoms. The molecule has 2 aliphatic heterocycles. The van der Waals surface area contributed by atoms with Gasteiger partial charge in [0.25, 0.3) is 0 Å². The van der Waals surface area contributed by atoms with Crippen molar-refractivity contribution in [3.05, 3.63) is 0 Å². The van der Waals surface area contributed by atoms with Crippen molar-refractivity contribution in [2.75, 3.05) is 26.9 Å². The van der Waals surface area contributed by atoms with E-state index < -0.39 is 10.4 Å². The molecule has 0 radical (unpaired) electrons. The summed E-state index contributed by atoms with van der Waals surface area (Å²) in [5, 5.41) is 0. The summed E-state index contributed by atoms with van der Waals surface area (Å²) >= 11 is 0. The molecular formula is C14H26N2O5S. The summed E-state index contributed by atoms with van der Waals surface area (Å²) in [7, 11) is -2.87. The van der Waals surface area contributed by atoms with Gasteiger partial charge in [-0.05, 0) is 50.4 Å². The van der Waals surface area contributed by atoms with Crippen molar-refractivity contribution in [3.63, 3.8) is 0 Å². The quantitative estimate of drug-likeness (QED) is 0.743. The summed E-state index contributed by atoms with van der Waals surface area (Å²) in [6.07, 6.45) is 5.33. The molecule has 128 valence electrons. The normalized spacial score (nSPS) is 35.0. The van der Waals surface area contributed by atoms with Gasteiger partial charge in [0.1, 0.15) is 0 Å². The molecule has 0 spiro atoms. The minimum atomic E-state index is -4.67. The van der Waals surface area contributed by atoms with Crippen molar-refractivity contribution in [1.29, 1.82) is 0 Å². The second-order valence-corrected chi connectivity index (χ2v) is 7.50. The molecule has 7 nitrogen and oxygen atoms in total. The van der Waals surface area contributed by atoms with Gasteiger partial charge in [-0.2, -0.15) is 8.42 Å². The van der Waals surface area contributed by atoms with Gasteiger partial charge in [-0.25, -0.2) is 0 Å². The number of aliphatic imine (C=N–C) groups is 1. The number of fused-ring (bicyclic) bond motifs is 2. The van der Waals surface area contributed by atoms with Gasteiger partial charge >= 0.3 is 10.4 Å². The molecule has 0 aromatic rings. The van der Waals surface area contributed by atoms with E-state index >= 15 is 0 Å². The maximum atomic E-state index is 8.74. The van der Waals surface area contributed by atoms with Gasteiger partial charge in [0.15, 0.2) is 0 Å². The molecule has 3 rings (SSSR count). The molecule has 0 bridgehead atoms. The molecule has 4 atom stereocenters. The molecule has 1 aliphatic carbocycles. The average Bonchev–Trinajstić information content (AvgIpc) is 2.75. The van der Waals surface area contributed by atoms with Gasteiger partial charge in [0, 0.05) is 32.0 Å². The van der Waals surface area contributed by atoms with Crippen LogP contribution in [-0.2, 0) is 15.1 Å². The third-order valence-corrected chi connectivity index (χ3v) is 4.81. The van der Waals surface area contributed by atoms with Crippen LogP contribution in [0, 0.1) is 17.8 Å². The first-order chi connectivity index (χ1) is 10.3. The molecule has 0 aromatic carbocycles. The van der Waals surface area contributed by atoms with E-state index in [1.807, 2.05) is 0 Å². The smallest absolute Gasteiger partial charge is 0.369 e. The predicted molar refractivity (Wildman–Crippen MR) is 83.5 cm³/mol. The maximum Gasteiger partial charge on any atom is 0.394 e. The summed E-state index contributed by atoms with van der Waals surface area (Å²) in [4.78, 5) is 7.37. The van der Waals surface area contributed by atoms with Gasteiger partial charge in [0.05, 0.1) is 6.73 Å². The minimum Gasteiger partial charge on any atom is -0.369 e. The number of nitrogens with zero attached hydrogens (tertiary/aromatic N) is 2. The molecule has 0 aromatic heterocycles. The first kappa shape index (κ1) is 17.8. The summed E-state index contributed by atoms with van der Waals surface area (Å²) in [5.74, 6) is 2.57. The Hall–Kier alpha value is -0.540. The van der Waals surface area contributed by atoms with E-state index in [0.717, 1.165) is 24.5 Å². The van der Waals surface area contributed by atoms with Crippen molar-refractivity contribution in [3.8, 4) is 0 Å². The number of ether oxygens (including phenoxy) is 1. The topological polar surface area (TPSA) is 99.4 Å². The highest BCUT2D eigenvalue weighted by molar-refractivity contribution is 7.79. The molecule has 1 saturated heterocycles. The second-order valence-electron chi connectivity index (χ2n) is 6.61. The monoisotopic (exact) mass is 334 g/mol. The fourth-order valence-corrected chi connectivity index (χ4v) is 3.99. The van der Waals surface area contributed by atoms with Crippen LogP contribution in [0.3, 0.4) is 0 Å². The van der Waals surface area contributed by atoms with Crippen molar-refractivity contribution >= 4 is 16.1 Å². The lowest BCUT2D eigenvalue weighted by atomic mass is 9.71. The number of methoxy groups -OCH3 is 1. The third-order valence-electron chi connectivity index (χ3n) is 4.81. The maximum absolute atomic E-state index is 8.74. The van der Waals surface area contributed by atoms with E-state index in [4.69, 9.17) is 27.3 Å². The van der Waals surface area contributed by atoms with Gasteiger partial charge in [-0.15, -0.1) is 0 Å². The fraction of sp³-hybridized carbons (Fsp3) is 0.929. The predicted octanol–water partition coefficient (Wildman–Crippen LogP) is 1.52. The number of rotatable bonds is 2.